The summed E-state index contributed by atoms with van der Waals surface area (Å²) < 4.78 is 11.3. The topological polar surface area (TPSA) is 149 Å². The number of amides is 1. The number of hydrogen-bond donors (Lipinski definition) is 6. The molecule has 1 aliphatic heterocycles. The standard InChI is InChI=1S/C60H113NO8/c1-3-5-7-9-11-13-15-17-19-21-23-24-25-26-27-28-29-30-32-34-36-38-40-42-44-46-48-50-56(64)61-53(52-68-60-59(67)58(66)57(65)55(51-62)69-60)54(63)49-47-45-43-41-39-37-35-33-31-22-20-18-16-14-12-10-8-6-4-2/h23-24,26-27,47,49,53-55,57-60,62-63,65-67H,3-22,25,28-46,48,50-52H2,1-2H3,(H,61,64)/b24-23-,27-26-,49-47+. The highest BCUT2D eigenvalue weighted by Gasteiger charge is 2.44. The van der Waals surface area contributed by atoms with Crippen LogP contribution in [0.2, 0.25) is 0 Å². The van der Waals surface area contributed by atoms with Gasteiger partial charge in [-0.1, -0.05) is 262 Å². The van der Waals surface area contributed by atoms with E-state index in [-0.39, 0.29) is 12.5 Å². The summed E-state index contributed by atoms with van der Waals surface area (Å²) in [4.78, 5) is 13.1. The van der Waals surface area contributed by atoms with Crippen LogP contribution in [0.25, 0.3) is 0 Å². The molecule has 0 aliphatic carbocycles. The predicted octanol–water partition coefficient (Wildman–Crippen LogP) is 14.7. The van der Waals surface area contributed by atoms with E-state index in [2.05, 4.69) is 43.5 Å². The highest BCUT2D eigenvalue weighted by molar-refractivity contribution is 5.76. The maximum absolute atomic E-state index is 13.1. The summed E-state index contributed by atoms with van der Waals surface area (Å²) in [6.45, 7) is 3.81. The molecule has 0 spiro atoms. The van der Waals surface area contributed by atoms with Crippen LogP contribution in [0.15, 0.2) is 36.5 Å². The quantitative estimate of drug-likeness (QED) is 0.0261. The maximum atomic E-state index is 13.1. The average molecular weight is 977 g/mol. The third-order valence-electron chi connectivity index (χ3n) is 14.2. The number of aliphatic hydroxyl groups is 5. The molecule has 9 nitrogen and oxygen atoms in total. The van der Waals surface area contributed by atoms with Crippen molar-refractivity contribution >= 4 is 5.91 Å². The van der Waals surface area contributed by atoms with Gasteiger partial charge in [-0.2, -0.15) is 0 Å². The fourth-order valence-corrected chi connectivity index (χ4v) is 9.48. The molecule has 1 rings (SSSR count). The number of carbonyl (C=O) groups is 1. The zero-order chi connectivity index (χ0) is 50.1. The second kappa shape index (κ2) is 50.0. The number of allylic oxidation sites excluding steroid dienone is 5. The lowest BCUT2D eigenvalue weighted by Gasteiger charge is -2.40. The molecule has 1 aliphatic rings. The van der Waals surface area contributed by atoms with E-state index in [1.807, 2.05) is 6.08 Å². The third kappa shape index (κ3) is 39.6. The van der Waals surface area contributed by atoms with Crippen molar-refractivity contribution in [3.05, 3.63) is 36.5 Å². The smallest absolute Gasteiger partial charge is 0.220 e. The molecule has 7 unspecified atom stereocenters. The van der Waals surface area contributed by atoms with Crippen LogP contribution in [0.1, 0.15) is 284 Å². The van der Waals surface area contributed by atoms with E-state index in [0.717, 1.165) is 44.9 Å². The van der Waals surface area contributed by atoms with Gasteiger partial charge in [-0.25, -0.2) is 0 Å². The van der Waals surface area contributed by atoms with E-state index < -0.39 is 49.5 Å². The Morgan fingerprint density at radius 1 is 0.493 bits per heavy atom. The highest BCUT2D eigenvalue weighted by atomic mass is 16.7. The summed E-state index contributed by atoms with van der Waals surface area (Å²) in [7, 11) is 0. The molecule has 0 saturated carbocycles. The summed E-state index contributed by atoms with van der Waals surface area (Å²) >= 11 is 0. The van der Waals surface area contributed by atoms with Crippen molar-refractivity contribution < 1.29 is 39.8 Å². The first-order valence-corrected chi connectivity index (χ1v) is 29.7. The third-order valence-corrected chi connectivity index (χ3v) is 14.2. The van der Waals surface area contributed by atoms with Crippen molar-refractivity contribution in [2.75, 3.05) is 13.2 Å². The second-order valence-corrected chi connectivity index (χ2v) is 20.8. The monoisotopic (exact) mass is 976 g/mol. The molecule has 1 saturated heterocycles. The summed E-state index contributed by atoms with van der Waals surface area (Å²) in [6.07, 6.45) is 57.8. The van der Waals surface area contributed by atoms with Crippen LogP contribution in [0.5, 0.6) is 0 Å². The Kier molecular flexibility index (Phi) is 47.4. The summed E-state index contributed by atoms with van der Waals surface area (Å²) in [5, 5.41) is 54.5. The van der Waals surface area contributed by atoms with Crippen molar-refractivity contribution in [1.82, 2.24) is 5.32 Å². The van der Waals surface area contributed by atoms with Gasteiger partial charge in [0.25, 0.3) is 0 Å². The van der Waals surface area contributed by atoms with Crippen LogP contribution < -0.4 is 5.32 Å². The molecule has 6 N–H and O–H groups in total. The summed E-state index contributed by atoms with van der Waals surface area (Å²) in [5.41, 5.74) is 0. The molecule has 1 fully saturated rings. The van der Waals surface area contributed by atoms with E-state index in [1.54, 1.807) is 6.08 Å². The lowest BCUT2D eigenvalue weighted by molar-refractivity contribution is -0.302. The van der Waals surface area contributed by atoms with Crippen molar-refractivity contribution in [3.8, 4) is 0 Å². The zero-order valence-electron chi connectivity index (χ0n) is 45.1. The maximum Gasteiger partial charge on any atom is 0.220 e. The minimum atomic E-state index is -1.57. The predicted molar refractivity (Wildman–Crippen MR) is 290 cm³/mol. The number of rotatable bonds is 51. The number of nitrogens with one attached hydrogen (secondary N) is 1. The van der Waals surface area contributed by atoms with Crippen LogP contribution in [-0.2, 0) is 14.3 Å². The molecule has 7 atom stereocenters. The van der Waals surface area contributed by atoms with E-state index in [1.165, 1.54) is 218 Å². The molecule has 406 valence electrons. The zero-order valence-corrected chi connectivity index (χ0v) is 45.1. The van der Waals surface area contributed by atoms with Crippen molar-refractivity contribution in [3.63, 3.8) is 0 Å². The Balaban J connectivity index is 2.21. The largest absolute Gasteiger partial charge is 0.394 e. The van der Waals surface area contributed by atoms with E-state index in [0.29, 0.717) is 6.42 Å². The number of ether oxygens (including phenoxy) is 2. The van der Waals surface area contributed by atoms with Crippen LogP contribution in [0.4, 0.5) is 0 Å². The highest BCUT2D eigenvalue weighted by Crippen LogP contribution is 2.23. The van der Waals surface area contributed by atoms with Crippen molar-refractivity contribution in [2.45, 2.75) is 326 Å². The molecule has 0 aromatic carbocycles. The average Bonchev–Trinajstić information content (AvgIpc) is 3.35. The molecule has 0 aromatic rings. The molecule has 69 heavy (non-hydrogen) atoms. The first-order valence-electron chi connectivity index (χ1n) is 29.7. The van der Waals surface area contributed by atoms with Gasteiger partial charge in [0, 0.05) is 6.42 Å². The van der Waals surface area contributed by atoms with Crippen LogP contribution >= 0.6 is 0 Å². The Morgan fingerprint density at radius 3 is 1.25 bits per heavy atom. The van der Waals surface area contributed by atoms with Gasteiger partial charge in [0.1, 0.15) is 24.4 Å². The van der Waals surface area contributed by atoms with E-state index in [9.17, 15) is 30.3 Å². The first kappa shape index (κ1) is 65.4. The Morgan fingerprint density at radius 2 is 0.855 bits per heavy atom. The van der Waals surface area contributed by atoms with Gasteiger partial charge in [-0.3, -0.25) is 4.79 Å². The normalized spacial score (nSPS) is 19.7. The lowest BCUT2D eigenvalue weighted by atomic mass is 9.99. The summed E-state index contributed by atoms with van der Waals surface area (Å²) in [6, 6.07) is -0.806. The van der Waals surface area contributed by atoms with Gasteiger partial charge < -0.3 is 40.3 Å². The van der Waals surface area contributed by atoms with Crippen LogP contribution in [0, 0.1) is 0 Å². The number of hydrogen-bond acceptors (Lipinski definition) is 8. The molecule has 0 aromatic heterocycles. The van der Waals surface area contributed by atoms with Crippen molar-refractivity contribution in [1.29, 1.82) is 0 Å². The molecule has 9 heteroatoms. The number of unbranched alkanes of at least 4 members (excludes halogenated alkanes) is 37. The second-order valence-electron chi connectivity index (χ2n) is 20.8. The SMILES string of the molecule is CCCCCCCCCCC/C=C\C/C=C\CCCCCCCCCCCCCC(=O)NC(COC1OC(CO)C(O)C(O)C1O)C(O)/C=C/CCCCCCCCCCCCCCCCCCC. The van der Waals surface area contributed by atoms with E-state index >= 15 is 0 Å². The van der Waals surface area contributed by atoms with Gasteiger partial charge in [-0.15, -0.1) is 0 Å². The van der Waals surface area contributed by atoms with Gasteiger partial charge in [0.2, 0.25) is 5.91 Å². The van der Waals surface area contributed by atoms with Gasteiger partial charge in [-0.05, 0) is 51.4 Å². The molecule has 0 radical (unpaired) electrons. The molecule has 1 heterocycles. The first-order chi connectivity index (χ1) is 33.8. The fraction of sp³-hybridized carbons (Fsp3) is 0.883. The minimum absolute atomic E-state index is 0.176. The lowest BCUT2D eigenvalue weighted by Crippen LogP contribution is -2.60. The fourth-order valence-electron chi connectivity index (χ4n) is 9.48. The molecule has 1 amide bonds. The summed E-state index contributed by atoms with van der Waals surface area (Å²) in [5.74, 6) is -0.176. The Labute approximate surface area is 425 Å². The molecular weight excluding hydrogens is 863 g/mol. The van der Waals surface area contributed by atoms with Crippen molar-refractivity contribution in [2.24, 2.45) is 0 Å². The Hall–Kier alpha value is -1.59. The number of aliphatic hydroxyl groups excluding tert-OH is 5. The number of carbonyl (C=O) groups excluding carboxylic acids is 1. The molecular formula is C60H113NO8. The van der Waals surface area contributed by atoms with E-state index in [4.69, 9.17) is 9.47 Å². The van der Waals surface area contributed by atoms with Gasteiger partial charge >= 0.3 is 0 Å². The molecule has 0 bridgehead atoms. The van der Waals surface area contributed by atoms with Crippen LogP contribution in [0.3, 0.4) is 0 Å². The van der Waals surface area contributed by atoms with Gasteiger partial charge in [0.15, 0.2) is 6.29 Å². The Bertz CT molecular complexity index is 1180. The minimum Gasteiger partial charge on any atom is -0.394 e. The van der Waals surface area contributed by atoms with Crippen LogP contribution in [-0.4, -0.2) is 87.5 Å². The van der Waals surface area contributed by atoms with Gasteiger partial charge in [0.05, 0.1) is 25.4 Å².